The normalized spacial score (nSPS) is 25.8. The maximum Gasteiger partial charge on any atom is 0.410 e. The van der Waals surface area contributed by atoms with Crippen molar-refractivity contribution in [2.24, 2.45) is 5.90 Å². The van der Waals surface area contributed by atoms with E-state index in [0.29, 0.717) is 19.4 Å². The molecule has 0 aliphatic carbocycles. The first-order valence-electron chi connectivity index (χ1n) is 5.78. The Labute approximate surface area is 102 Å². The number of piperidine rings is 1. The van der Waals surface area contributed by atoms with Crippen molar-refractivity contribution in [3.8, 4) is 0 Å². The number of rotatable bonds is 2. The quantitative estimate of drug-likeness (QED) is 0.698. The highest BCUT2D eigenvalue weighted by Gasteiger charge is 2.37. The maximum atomic E-state index is 11.8. The van der Waals surface area contributed by atoms with Crippen LogP contribution < -0.4 is 5.90 Å². The zero-order valence-corrected chi connectivity index (χ0v) is 10.7. The highest BCUT2D eigenvalue weighted by Crippen LogP contribution is 2.22. The van der Waals surface area contributed by atoms with Crippen molar-refractivity contribution in [1.29, 1.82) is 0 Å². The Balaban J connectivity index is 2.57. The fourth-order valence-electron chi connectivity index (χ4n) is 1.87. The van der Waals surface area contributed by atoms with Crippen LogP contribution in [0.3, 0.4) is 0 Å². The minimum absolute atomic E-state index is 0.0201. The van der Waals surface area contributed by atoms with Gasteiger partial charge in [0.25, 0.3) is 0 Å². The minimum Gasteiger partial charge on any atom is -0.444 e. The largest absolute Gasteiger partial charge is 0.444 e. The fraction of sp³-hybridized carbons (Fsp3) is 0.909. The van der Waals surface area contributed by atoms with Crippen LogP contribution >= 0.6 is 0 Å². The number of ether oxygens (including phenoxy) is 1. The van der Waals surface area contributed by atoms with Gasteiger partial charge in [-0.05, 0) is 33.6 Å². The second-order valence-electron chi connectivity index (χ2n) is 5.54. The van der Waals surface area contributed by atoms with Gasteiger partial charge in [-0.2, -0.15) is 0 Å². The third-order valence-corrected chi connectivity index (χ3v) is 2.56. The van der Waals surface area contributed by atoms with E-state index in [2.05, 4.69) is 4.84 Å². The van der Waals surface area contributed by atoms with E-state index in [-0.39, 0.29) is 13.2 Å². The Morgan fingerprint density at radius 1 is 1.53 bits per heavy atom. The lowest BCUT2D eigenvalue weighted by molar-refractivity contribution is -0.0894. The molecule has 0 aromatic carbocycles. The lowest BCUT2D eigenvalue weighted by atomic mass is 9.94. The molecule has 1 unspecified atom stereocenters. The van der Waals surface area contributed by atoms with Crippen molar-refractivity contribution in [2.45, 2.75) is 44.8 Å². The monoisotopic (exact) mass is 246 g/mol. The number of β-amino-alcohol motifs (C(OH)–C–C–N with tert-alkyl or cyclic N) is 1. The van der Waals surface area contributed by atoms with Crippen molar-refractivity contribution in [3.05, 3.63) is 0 Å². The van der Waals surface area contributed by atoms with Crippen molar-refractivity contribution < 1.29 is 19.5 Å². The van der Waals surface area contributed by atoms with Gasteiger partial charge in [-0.25, -0.2) is 10.7 Å². The topological polar surface area (TPSA) is 85.0 Å². The molecule has 0 saturated carbocycles. The summed E-state index contributed by atoms with van der Waals surface area (Å²) in [5.74, 6) is 4.97. The smallest absolute Gasteiger partial charge is 0.410 e. The molecule has 3 N–H and O–H groups in total. The highest BCUT2D eigenvalue weighted by molar-refractivity contribution is 5.68. The molecular formula is C11H22N2O4. The molecule has 1 aliphatic rings. The summed E-state index contributed by atoms with van der Waals surface area (Å²) in [7, 11) is 0. The van der Waals surface area contributed by atoms with Gasteiger partial charge in [-0.1, -0.05) is 0 Å². The van der Waals surface area contributed by atoms with Crippen LogP contribution in [0.25, 0.3) is 0 Å². The summed E-state index contributed by atoms with van der Waals surface area (Å²) >= 11 is 0. The number of aliphatic hydroxyl groups is 1. The minimum atomic E-state index is -1.07. The standard InChI is InChI=1S/C11H22N2O4/c1-10(2,3)17-9(14)13-6-4-5-11(15,7-13)8-16-12/h15H,4-8,12H2,1-3H3. The molecule has 1 saturated heterocycles. The average molecular weight is 246 g/mol. The second-order valence-corrected chi connectivity index (χ2v) is 5.54. The molecule has 17 heavy (non-hydrogen) atoms. The number of nitrogens with zero attached hydrogens (tertiary/aromatic N) is 1. The van der Waals surface area contributed by atoms with Crippen LogP contribution in [0.4, 0.5) is 4.79 Å². The Morgan fingerprint density at radius 2 is 2.18 bits per heavy atom. The van der Waals surface area contributed by atoms with E-state index in [1.165, 1.54) is 4.90 Å². The van der Waals surface area contributed by atoms with Gasteiger partial charge in [0.05, 0.1) is 13.2 Å². The van der Waals surface area contributed by atoms with Gasteiger partial charge in [0.1, 0.15) is 11.2 Å². The summed E-state index contributed by atoms with van der Waals surface area (Å²) in [5.41, 5.74) is -1.60. The van der Waals surface area contributed by atoms with E-state index in [4.69, 9.17) is 10.6 Å². The number of hydrogen-bond acceptors (Lipinski definition) is 5. The van der Waals surface area contributed by atoms with Crippen LogP contribution in [-0.4, -0.2) is 47.0 Å². The summed E-state index contributed by atoms with van der Waals surface area (Å²) in [4.78, 5) is 17.8. The van der Waals surface area contributed by atoms with Crippen molar-refractivity contribution in [2.75, 3.05) is 19.7 Å². The lowest BCUT2D eigenvalue weighted by Crippen LogP contribution is -2.53. The summed E-state index contributed by atoms with van der Waals surface area (Å²) in [6, 6.07) is 0. The molecular weight excluding hydrogens is 224 g/mol. The Morgan fingerprint density at radius 3 is 2.71 bits per heavy atom. The SMILES string of the molecule is CC(C)(C)OC(=O)N1CCCC(O)(CON)C1. The molecule has 1 amide bonds. The summed E-state index contributed by atoms with van der Waals surface area (Å²) in [6.07, 6.45) is 0.871. The van der Waals surface area contributed by atoms with Gasteiger partial charge in [-0.3, -0.25) is 0 Å². The molecule has 1 rings (SSSR count). The van der Waals surface area contributed by atoms with Crippen LogP contribution in [0.5, 0.6) is 0 Å². The predicted octanol–water partition coefficient (Wildman–Crippen LogP) is 0.639. The third-order valence-electron chi connectivity index (χ3n) is 2.56. The first-order chi connectivity index (χ1) is 7.76. The molecule has 1 atom stereocenters. The summed E-state index contributed by atoms with van der Waals surface area (Å²) < 4.78 is 5.25. The zero-order chi connectivity index (χ0) is 13.1. The van der Waals surface area contributed by atoms with Gasteiger partial charge in [0.2, 0.25) is 0 Å². The number of amides is 1. The second kappa shape index (κ2) is 5.20. The molecule has 0 radical (unpaired) electrons. The lowest BCUT2D eigenvalue weighted by Gasteiger charge is -2.38. The number of carbonyl (C=O) groups is 1. The van der Waals surface area contributed by atoms with Crippen LogP contribution in [0, 0.1) is 0 Å². The Hall–Kier alpha value is -0.850. The molecule has 0 aromatic rings. The molecule has 0 aromatic heterocycles. The number of hydrogen-bond donors (Lipinski definition) is 2. The number of carbonyl (C=O) groups excluding carboxylic acids is 1. The van der Waals surface area contributed by atoms with Crippen LogP contribution in [0.2, 0.25) is 0 Å². The van der Waals surface area contributed by atoms with Crippen molar-refractivity contribution in [3.63, 3.8) is 0 Å². The zero-order valence-electron chi connectivity index (χ0n) is 10.7. The van der Waals surface area contributed by atoms with Gasteiger partial charge >= 0.3 is 6.09 Å². The molecule has 6 heteroatoms. The fourth-order valence-corrected chi connectivity index (χ4v) is 1.87. The molecule has 1 heterocycles. The molecule has 1 aliphatic heterocycles. The van der Waals surface area contributed by atoms with E-state index < -0.39 is 17.3 Å². The molecule has 0 spiro atoms. The van der Waals surface area contributed by atoms with Gasteiger partial charge in [-0.15, -0.1) is 0 Å². The third kappa shape index (κ3) is 4.49. The summed E-state index contributed by atoms with van der Waals surface area (Å²) in [6.45, 7) is 6.23. The Bertz CT molecular complexity index is 273. The van der Waals surface area contributed by atoms with E-state index in [1.54, 1.807) is 0 Å². The van der Waals surface area contributed by atoms with E-state index in [9.17, 15) is 9.90 Å². The summed E-state index contributed by atoms with van der Waals surface area (Å²) in [5, 5.41) is 10.1. The first-order valence-corrected chi connectivity index (χ1v) is 5.78. The van der Waals surface area contributed by atoms with Crippen LogP contribution in [0.15, 0.2) is 0 Å². The number of nitrogens with two attached hydrogens (primary N) is 1. The van der Waals surface area contributed by atoms with E-state index in [0.717, 1.165) is 0 Å². The highest BCUT2D eigenvalue weighted by atomic mass is 16.6. The van der Waals surface area contributed by atoms with Gasteiger partial charge in [0, 0.05) is 6.54 Å². The van der Waals surface area contributed by atoms with Crippen LogP contribution in [-0.2, 0) is 9.57 Å². The van der Waals surface area contributed by atoms with E-state index >= 15 is 0 Å². The average Bonchev–Trinajstić information content (AvgIpc) is 2.14. The molecule has 1 fully saturated rings. The van der Waals surface area contributed by atoms with Gasteiger partial charge in [0.15, 0.2) is 0 Å². The molecule has 0 bridgehead atoms. The van der Waals surface area contributed by atoms with E-state index in [1.807, 2.05) is 20.8 Å². The predicted molar refractivity (Wildman–Crippen MR) is 62.1 cm³/mol. The van der Waals surface area contributed by atoms with Crippen molar-refractivity contribution >= 4 is 6.09 Å². The van der Waals surface area contributed by atoms with Crippen LogP contribution in [0.1, 0.15) is 33.6 Å². The molecule has 100 valence electrons. The van der Waals surface area contributed by atoms with Crippen molar-refractivity contribution in [1.82, 2.24) is 4.90 Å². The number of likely N-dealkylation sites (tertiary alicyclic amines) is 1. The van der Waals surface area contributed by atoms with Gasteiger partial charge < -0.3 is 19.6 Å². The Kier molecular flexibility index (Phi) is 4.35. The first kappa shape index (κ1) is 14.2. The maximum absolute atomic E-state index is 11.8. The molecule has 6 nitrogen and oxygen atoms in total.